The predicted octanol–water partition coefficient (Wildman–Crippen LogP) is 3.75. The first-order chi connectivity index (χ1) is 16.9. The predicted molar refractivity (Wildman–Crippen MR) is 132 cm³/mol. The molecule has 1 amide bonds. The molecule has 0 unspecified atom stereocenters. The number of fused-ring (bicyclic) bond motifs is 1. The van der Waals surface area contributed by atoms with Crippen molar-refractivity contribution < 1.29 is 19.1 Å². The number of nitrogens with zero attached hydrogens (tertiary/aromatic N) is 2. The van der Waals surface area contributed by atoms with Gasteiger partial charge in [-0.3, -0.25) is 19.4 Å². The molecule has 0 aliphatic carbocycles. The van der Waals surface area contributed by atoms with E-state index in [1.54, 1.807) is 47.9 Å². The van der Waals surface area contributed by atoms with Gasteiger partial charge in [-0.2, -0.15) is 0 Å². The number of hydrogen-bond acceptors (Lipinski definition) is 6. The van der Waals surface area contributed by atoms with E-state index in [4.69, 9.17) is 4.74 Å². The van der Waals surface area contributed by atoms with Gasteiger partial charge in [0.25, 0.3) is 0 Å². The van der Waals surface area contributed by atoms with E-state index in [-0.39, 0.29) is 24.3 Å². The molecule has 0 atom stereocenters. The average molecular weight is 469 g/mol. The van der Waals surface area contributed by atoms with Gasteiger partial charge in [0.15, 0.2) is 5.78 Å². The first-order valence-electron chi connectivity index (χ1n) is 11.0. The van der Waals surface area contributed by atoms with Crippen LogP contribution in [0.4, 0.5) is 5.69 Å². The molecule has 4 rings (SSSR count). The van der Waals surface area contributed by atoms with E-state index in [0.717, 1.165) is 5.56 Å². The Hall–Kier alpha value is -4.59. The second-order valence-electron chi connectivity index (χ2n) is 7.90. The van der Waals surface area contributed by atoms with Gasteiger partial charge in [0.1, 0.15) is 6.54 Å². The van der Waals surface area contributed by atoms with Gasteiger partial charge < -0.3 is 14.6 Å². The lowest BCUT2D eigenvalue weighted by atomic mass is 10.0. The fourth-order valence-electron chi connectivity index (χ4n) is 3.79. The van der Waals surface area contributed by atoms with Gasteiger partial charge in [-0.25, -0.2) is 4.79 Å². The van der Waals surface area contributed by atoms with Crippen molar-refractivity contribution in [2.45, 2.75) is 20.4 Å². The molecule has 0 radical (unpaired) electrons. The number of aromatic nitrogens is 2. The van der Waals surface area contributed by atoms with Crippen molar-refractivity contribution in [3.63, 3.8) is 0 Å². The van der Waals surface area contributed by atoms with Gasteiger partial charge in [-0.1, -0.05) is 23.8 Å². The molecular formula is C27H23N3O5. The summed E-state index contributed by atoms with van der Waals surface area (Å²) in [7, 11) is 0. The van der Waals surface area contributed by atoms with Crippen LogP contribution in [0, 0.1) is 6.92 Å². The lowest BCUT2D eigenvalue weighted by Crippen LogP contribution is -2.25. The zero-order chi connectivity index (χ0) is 24.9. The summed E-state index contributed by atoms with van der Waals surface area (Å²) in [4.78, 5) is 55.5. The molecule has 2 heterocycles. The lowest BCUT2D eigenvalue weighted by Gasteiger charge is -2.15. The number of hydrogen-bond donors (Lipinski definition) is 1. The van der Waals surface area contributed by atoms with E-state index < -0.39 is 23.1 Å². The minimum Gasteiger partial charge on any atom is -0.462 e. The third kappa shape index (κ3) is 5.01. The van der Waals surface area contributed by atoms with Crippen molar-refractivity contribution in [2.24, 2.45) is 0 Å². The Bertz CT molecular complexity index is 1490. The van der Waals surface area contributed by atoms with Crippen LogP contribution in [0.25, 0.3) is 10.9 Å². The zero-order valence-electron chi connectivity index (χ0n) is 19.3. The second kappa shape index (κ2) is 10.1. The number of benzene rings is 2. The highest BCUT2D eigenvalue weighted by Crippen LogP contribution is 2.19. The van der Waals surface area contributed by atoms with Gasteiger partial charge in [0.05, 0.1) is 28.9 Å². The van der Waals surface area contributed by atoms with E-state index in [1.807, 2.05) is 13.0 Å². The van der Waals surface area contributed by atoms with Crippen molar-refractivity contribution in [3.05, 3.63) is 106 Å². The summed E-state index contributed by atoms with van der Waals surface area (Å²) >= 11 is 0. The molecule has 0 bridgehead atoms. The van der Waals surface area contributed by atoms with Crippen LogP contribution >= 0.6 is 0 Å². The molecule has 35 heavy (non-hydrogen) atoms. The molecule has 1 N–H and O–H groups in total. The normalized spacial score (nSPS) is 10.7. The van der Waals surface area contributed by atoms with Gasteiger partial charge in [-0.15, -0.1) is 0 Å². The lowest BCUT2D eigenvalue weighted by molar-refractivity contribution is -0.116. The van der Waals surface area contributed by atoms with Gasteiger partial charge in [0.2, 0.25) is 11.3 Å². The molecule has 0 aliphatic heterocycles. The minimum atomic E-state index is -0.544. The molecule has 8 heteroatoms. The van der Waals surface area contributed by atoms with Gasteiger partial charge >= 0.3 is 5.97 Å². The SMILES string of the molecule is CCOC(=O)c1ccccc1NC(=O)Cn1cc(C(=O)c2ccncc2)c(=O)c2cc(C)ccc21. The number of esters is 1. The molecule has 0 saturated heterocycles. The fourth-order valence-corrected chi connectivity index (χ4v) is 3.79. The van der Waals surface area contributed by atoms with Crippen molar-refractivity contribution in [3.8, 4) is 0 Å². The van der Waals surface area contributed by atoms with Crippen LogP contribution in [-0.2, 0) is 16.1 Å². The van der Waals surface area contributed by atoms with E-state index in [9.17, 15) is 19.2 Å². The molecule has 0 fully saturated rings. The van der Waals surface area contributed by atoms with Gasteiger partial charge in [-0.05, 0) is 50.2 Å². The highest BCUT2D eigenvalue weighted by molar-refractivity contribution is 6.10. The largest absolute Gasteiger partial charge is 0.462 e. The van der Waals surface area contributed by atoms with Crippen LogP contribution in [0.1, 0.15) is 38.8 Å². The van der Waals surface area contributed by atoms with Crippen molar-refractivity contribution >= 4 is 34.3 Å². The monoisotopic (exact) mass is 469 g/mol. The van der Waals surface area contributed by atoms with Crippen LogP contribution < -0.4 is 10.7 Å². The number of ether oxygens (including phenoxy) is 1. The number of rotatable bonds is 7. The third-order valence-corrected chi connectivity index (χ3v) is 5.43. The average Bonchev–Trinajstić information content (AvgIpc) is 2.86. The first kappa shape index (κ1) is 23.6. The Kier molecular flexibility index (Phi) is 6.82. The molecule has 2 aromatic carbocycles. The minimum absolute atomic E-state index is 0.0472. The molecule has 2 aromatic heterocycles. The smallest absolute Gasteiger partial charge is 0.340 e. The Morgan fingerprint density at radius 1 is 1.00 bits per heavy atom. The summed E-state index contributed by atoms with van der Waals surface area (Å²) < 4.78 is 6.62. The number of aryl methyl sites for hydroxylation is 1. The van der Waals surface area contributed by atoms with Crippen molar-refractivity contribution in [1.82, 2.24) is 9.55 Å². The van der Waals surface area contributed by atoms with Crippen molar-refractivity contribution in [2.75, 3.05) is 11.9 Å². The summed E-state index contributed by atoms with van der Waals surface area (Å²) in [6.45, 7) is 3.57. The summed E-state index contributed by atoms with van der Waals surface area (Å²) in [5.41, 5.74) is 1.78. The van der Waals surface area contributed by atoms with Crippen LogP contribution in [0.15, 0.2) is 78.0 Å². The van der Waals surface area contributed by atoms with E-state index in [0.29, 0.717) is 22.2 Å². The van der Waals surface area contributed by atoms with Crippen LogP contribution in [0.5, 0.6) is 0 Å². The van der Waals surface area contributed by atoms with E-state index in [2.05, 4.69) is 10.3 Å². The van der Waals surface area contributed by atoms with E-state index >= 15 is 0 Å². The van der Waals surface area contributed by atoms with Crippen LogP contribution in [0.2, 0.25) is 0 Å². The molecule has 0 spiro atoms. The summed E-state index contributed by atoms with van der Waals surface area (Å²) in [5, 5.41) is 3.08. The number of carbonyl (C=O) groups excluding carboxylic acids is 3. The van der Waals surface area contributed by atoms with Gasteiger partial charge in [0, 0.05) is 29.5 Å². The number of amides is 1. The fraction of sp³-hybridized carbons (Fsp3) is 0.148. The number of pyridine rings is 2. The summed E-state index contributed by atoms with van der Waals surface area (Å²) in [6, 6.07) is 14.9. The zero-order valence-corrected chi connectivity index (χ0v) is 19.3. The molecule has 4 aromatic rings. The maximum atomic E-state index is 13.2. The number of carbonyl (C=O) groups is 3. The van der Waals surface area contributed by atoms with Crippen LogP contribution in [0.3, 0.4) is 0 Å². The Morgan fingerprint density at radius 3 is 2.49 bits per heavy atom. The van der Waals surface area contributed by atoms with Crippen molar-refractivity contribution in [1.29, 1.82) is 0 Å². The molecule has 0 aliphatic rings. The second-order valence-corrected chi connectivity index (χ2v) is 7.90. The highest BCUT2D eigenvalue weighted by Gasteiger charge is 2.19. The quantitative estimate of drug-likeness (QED) is 0.326. The Morgan fingerprint density at radius 2 is 1.74 bits per heavy atom. The molecule has 176 valence electrons. The highest BCUT2D eigenvalue weighted by atomic mass is 16.5. The molecule has 8 nitrogen and oxygen atoms in total. The summed E-state index contributed by atoms with van der Waals surface area (Å²) in [5.74, 6) is -1.44. The standard InChI is InChI=1S/C27H23N3O5/c1-3-35-27(34)19-6-4-5-7-22(19)29-24(31)16-30-15-21(25(32)18-10-12-28-13-11-18)26(33)20-14-17(2)8-9-23(20)30/h4-15H,3,16H2,1-2H3,(H,29,31). The number of para-hydroxylation sites is 1. The maximum absolute atomic E-state index is 13.2. The first-order valence-corrected chi connectivity index (χ1v) is 11.0. The number of ketones is 1. The number of anilines is 1. The topological polar surface area (TPSA) is 107 Å². The molecular weight excluding hydrogens is 446 g/mol. The summed E-state index contributed by atoms with van der Waals surface area (Å²) in [6.07, 6.45) is 4.36. The third-order valence-electron chi connectivity index (χ3n) is 5.43. The van der Waals surface area contributed by atoms with Crippen LogP contribution in [-0.4, -0.2) is 33.8 Å². The van der Waals surface area contributed by atoms with E-state index in [1.165, 1.54) is 30.7 Å². The maximum Gasteiger partial charge on any atom is 0.340 e. The number of nitrogens with one attached hydrogen (secondary N) is 1. The molecule has 0 saturated carbocycles. The Labute approximate surface area is 201 Å². The Balaban J connectivity index is 1.73.